The van der Waals surface area contributed by atoms with Crippen molar-refractivity contribution in [1.29, 1.82) is 0 Å². The summed E-state index contributed by atoms with van der Waals surface area (Å²) in [6.45, 7) is 1.99. The summed E-state index contributed by atoms with van der Waals surface area (Å²) >= 11 is 0. The lowest BCUT2D eigenvalue weighted by atomic mass is 10.2. The number of para-hydroxylation sites is 1. The lowest BCUT2D eigenvalue weighted by Crippen LogP contribution is -2.18. The molecule has 0 heterocycles. The van der Waals surface area contributed by atoms with Gasteiger partial charge in [-0.25, -0.2) is 4.79 Å². The molecule has 1 aromatic rings. The Morgan fingerprint density at radius 1 is 1.41 bits per heavy atom. The van der Waals surface area contributed by atoms with Gasteiger partial charge in [0, 0.05) is 0 Å². The molecule has 94 valence electrons. The molecule has 1 atom stereocenters. The van der Waals surface area contributed by atoms with Crippen LogP contribution in [-0.4, -0.2) is 28.9 Å². The van der Waals surface area contributed by atoms with Gasteiger partial charge in [0.05, 0.1) is 6.10 Å². The molecule has 0 bridgehead atoms. The van der Waals surface area contributed by atoms with Gasteiger partial charge in [0.2, 0.25) is 0 Å². The Kier molecular flexibility index (Phi) is 5.49. The number of ether oxygens (including phenoxy) is 1. The van der Waals surface area contributed by atoms with Crippen LogP contribution in [0.1, 0.15) is 36.5 Å². The first-order chi connectivity index (χ1) is 8.15. The molecule has 0 aliphatic carbocycles. The van der Waals surface area contributed by atoms with Crippen LogP contribution in [0.2, 0.25) is 0 Å². The maximum atomic E-state index is 11.6. The minimum atomic E-state index is -0.634. The van der Waals surface area contributed by atoms with Crippen molar-refractivity contribution in [1.82, 2.24) is 0 Å². The van der Waals surface area contributed by atoms with E-state index in [4.69, 9.17) is 4.74 Å². The number of unbranched alkanes of at least 4 members (excludes halogenated alkanes) is 1. The van der Waals surface area contributed by atoms with E-state index < -0.39 is 12.1 Å². The number of phenols is 1. The molecule has 17 heavy (non-hydrogen) atoms. The maximum absolute atomic E-state index is 11.6. The van der Waals surface area contributed by atoms with Crippen molar-refractivity contribution >= 4 is 5.97 Å². The highest BCUT2D eigenvalue weighted by Crippen LogP contribution is 2.16. The van der Waals surface area contributed by atoms with Crippen LogP contribution in [0, 0.1) is 0 Å². The summed E-state index contributed by atoms with van der Waals surface area (Å²) in [7, 11) is 0. The van der Waals surface area contributed by atoms with E-state index >= 15 is 0 Å². The molecule has 2 N–H and O–H groups in total. The fraction of sp³-hybridized carbons (Fsp3) is 0.462. The number of phenolic OH excluding ortho intramolecular Hbond substituents is 1. The predicted octanol–water partition coefficient (Wildman–Crippen LogP) is 2.10. The summed E-state index contributed by atoms with van der Waals surface area (Å²) in [5.74, 6) is -0.723. The summed E-state index contributed by atoms with van der Waals surface area (Å²) < 4.78 is 4.92. The summed E-state index contributed by atoms with van der Waals surface area (Å²) in [6.07, 6.45) is 1.87. The Hall–Kier alpha value is -1.55. The van der Waals surface area contributed by atoms with E-state index in [1.165, 1.54) is 12.1 Å². The van der Waals surface area contributed by atoms with E-state index in [0.29, 0.717) is 6.42 Å². The molecule has 4 nitrogen and oxygen atoms in total. The van der Waals surface area contributed by atoms with Gasteiger partial charge >= 0.3 is 5.97 Å². The van der Waals surface area contributed by atoms with Crippen LogP contribution >= 0.6 is 0 Å². The molecule has 1 unspecified atom stereocenters. The van der Waals surface area contributed by atoms with E-state index in [1.807, 2.05) is 6.92 Å². The van der Waals surface area contributed by atoms with Crippen molar-refractivity contribution in [2.45, 2.75) is 32.3 Å². The topological polar surface area (TPSA) is 66.8 Å². The first kappa shape index (κ1) is 13.5. The van der Waals surface area contributed by atoms with Gasteiger partial charge < -0.3 is 14.9 Å². The van der Waals surface area contributed by atoms with Crippen molar-refractivity contribution in [2.24, 2.45) is 0 Å². The fourth-order valence-corrected chi connectivity index (χ4v) is 1.42. The molecule has 0 fully saturated rings. The van der Waals surface area contributed by atoms with Crippen molar-refractivity contribution < 1.29 is 19.7 Å². The van der Waals surface area contributed by atoms with E-state index in [-0.39, 0.29) is 17.9 Å². The molecular weight excluding hydrogens is 220 g/mol. The molecule has 0 saturated heterocycles. The third-order valence-electron chi connectivity index (χ3n) is 2.42. The highest BCUT2D eigenvalue weighted by Gasteiger charge is 2.13. The largest absolute Gasteiger partial charge is 0.507 e. The van der Waals surface area contributed by atoms with Crippen molar-refractivity contribution in [3.05, 3.63) is 29.8 Å². The molecule has 0 radical (unpaired) electrons. The molecule has 0 spiro atoms. The summed E-state index contributed by atoms with van der Waals surface area (Å²) in [4.78, 5) is 11.6. The Labute approximate surface area is 101 Å². The number of esters is 1. The van der Waals surface area contributed by atoms with Crippen LogP contribution in [0.25, 0.3) is 0 Å². The molecule has 0 saturated carbocycles. The first-order valence-corrected chi connectivity index (χ1v) is 5.78. The Morgan fingerprint density at radius 3 is 2.76 bits per heavy atom. The highest BCUT2D eigenvalue weighted by molar-refractivity contribution is 5.92. The van der Waals surface area contributed by atoms with E-state index in [0.717, 1.165) is 12.8 Å². The molecular formula is C13H18O4. The second-order valence-electron chi connectivity index (χ2n) is 3.91. The van der Waals surface area contributed by atoms with Crippen LogP contribution < -0.4 is 0 Å². The lowest BCUT2D eigenvalue weighted by molar-refractivity contribution is 0.0231. The SMILES string of the molecule is CCCCC(O)COC(=O)c1ccccc1O. The van der Waals surface area contributed by atoms with Gasteiger partial charge in [0.25, 0.3) is 0 Å². The van der Waals surface area contributed by atoms with Gasteiger partial charge in [0.15, 0.2) is 0 Å². The third kappa shape index (κ3) is 4.44. The van der Waals surface area contributed by atoms with Crippen LogP contribution in [0.3, 0.4) is 0 Å². The standard InChI is InChI=1S/C13H18O4/c1-2-3-6-10(14)9-17-13(16)11-7-4-5-8-12(11)15/h4-5,7-8,10,14-15H,2-3,6,9H2,1H3. The number of carbonyl (C=O) groups is 1. The number of hydrogen-bond donors (Lipinski definition) is 2. The van der Waals surface area contributed by atoms with Crippen LogP contribution in [0.4, 0.5) is 0 Å². The van der Waals surface area contributed by atoms with Crippen molar-refractivity contribution in [2.75, 3.05) is 6.61 Å². The lowest BCUT2D eigenvalue weighted by Gasteiger charge is -2.11. The Balaban J connectivity index is 2.42. The second kappa shape index (κ2) is 6.91. The van der Waals surface area contributed by atoms with E-state index in [1.54, 1.807) is 12.1 Å². The van der Waals surface area contributed by atoms with Gasteiger partial charge in [-0.05, 0) is 18.6 Å². The average molecular weight is 238 g/mol. The molecule has 0 aromatic heterocycles. The van der Waals surface area contributed by atoms with E-state index in [2.05, 4.69) is 0 Å². The number of aliphatic hydroxyl groups excluding tert-OH is 1. The van der Waals surface area contributed by atoms with Crippen LogP contribution in [0.5, 0.6) is 5.75 Å². The van der Waals surface area contributed by atoms with Gasteiger partial charge in [-0.2, -0.15) is 0 Å². The number of benzene rings is 1. The van der Waals surface area contributed by atoms with Crippen molar-refractivity contribution in [3.63, 3.8) is 0 Å². The molecule has 1 rings (SSSR count). The Bertz CT molecular complexity index is 362. The molecule has 0 aliphatic rings. The zero-order chi connectivity index (χ0) is 12.7. The quantitative estimate of drug-likeness (QED) is 0.745. The fourth-order valence-electron chi connectivity index (χ4n) is 1.42. The first-order valence-electron chi connectivity index (χ1n) is 5.78. The third-order valence-corrected chi connectivity index (χ3v) is 2.42. The number of carbonyl (C=O) groups excluding carboxylic acids is 1. The normalized spacial score (nSPS) is 12.1. The zero-order valence-corrected chi connectivity index (χ0v) is 9.93. The summed E-state index contributed by atoms with van der Waals surface area (Å²) in [5.41, 5.74) is 0.121. The number of hydrogen-bond acceptors (Lipinski definition) is 4. The second-order valence-corrected chi connectivity index (χ2v) is 3.91. The van der Waals surface area contributed by atoms with Gasteiger partial charge in [-0.1, -0.05) is 31.9 Å². The molecule has 0 aliphatic heterocycles. The summed E-state index contributed by atoms with van der Waals surface area (Å²) in [5, 5.41) is 18.9. The molecule has 1 aromatic carbocycles. The van der Waals surface area contributed by atoms with Gasteiger partial charge in [-0.3, -0.25) is 0 Å². The van der Waals surface area contributed by atoms with Crippen molar-refractivity contribution in [3.8, 4) is 5.75 Å². The summed E-state index contributed by atoms with van der Waals surface area (Å²) in [6, 6.07) is 6.17. The number of aromatic hydroxyl groups is 1. The van der Waals surface area contributed by atoms with Gasteiger partial charge in [-0.15, -0.1) is 0 Å². The maximum Gasteiger partial charge on any atom is 0.342 e. The monoisotopic (exact) mass is 238 g/mol. The minimum Gasteiger partial charge on any atom is -0.507 e. The van der Waals surface area contributed by atoms with Crippen LogP contribution in [-0.2, 0) is 4.74 Å². The minimum absolute atomic E-state index is 0.0346. The number of rotatable bonds is 6. The average Bonchev–Trinajstić information content (AvgIpc) is 2.34. The Morgan fingerprint density at radius 2 is 2.12 bits per heavy atom. The van der Waals surface area contributed by atoms with Gasteiger partial charge in [0.1, 0.15) is 17.9 Å². The zero-order valence-electron chi connectivity index (χ0n) is 9.93. The predicted molar refractivity (Wildman–Crippen MR) is 63.9 cm³/mol. The van der Waals surface area contributed by atoms with Crippen LogP contribution in [0.15, 0.2) is 24.3 Å². The molecule has 0 amide bonds. The van der Waals surface area contributed by atoms with E-state index in [9.17, 15) is 15.0 Å². The molecule has 4 heteroatoms. The smallest absolute Gasteiger partial charge is 0.342 e. The number of aliphatic hydroxyl groups is 1. The highest BCUT2D eigenvalue weighted by atomic mass is 16.5.